The molecular formula is C19H15N3O2. The molecule has 0 aliphatic carbocycles. The molecular weight excluding hydrogens is 302 g/mol. The minimum atomic E-state index is -0.217. The number of aromatic amines is 1. The fourth-order valence-electron chi connectivity index (χ4n) is 3.99. The van der Waals surface area contributed by atoms with Crippen LogP contribution in [-0.2, 0) is 0 Å². The van der Waals surface area contributed by atoms with Crippen molar-refractivity contribution in [2.45, 2.75) is 18.9 Å². The molecule has 5 rings (SSSR count). The number of benzene rings is 2. The molecule has 3 aromatic rings. The van der Waals surface area contributed by atoms with Crippen LogP contribution in [0, 0.1) is 0 Å². The molecule has 2 aliphatic rings. The third-order valence-corrected chi connectivity index (χ3v) is 5.04. The molecule has 1 fully saturated rings. The molecule has 24 heavy (non-hydrogen) atoms. The van der Waals surface area contributed by atoms with Crippen LogP contribution in [0.25, 0.3) is 22.3 Å². The number of carbonyl (C=O) groups excluding carboxylic acids is 1. The van der Waals surface area contributed by atoms with Gasteiger partial charge in [-0.3, -0.25) is 9.59 Å². The Kier molecular flexibility index (Phi) is 2.68. The Balaban J connectivity index is 1.79. The molecule has 1 unspecified atom stereocenters. The molecule has 5 heteroatoms. The maximum atomic E-state index is 12.6. The number of rotatable bonds is 1. The third-order valence-electron chi connectivity index (χ3n) is 5.04. The van der Waals surface area contributed by atoms with Gasteiger partial charge in [0.15, 0.2) is 0 Å². The van der Waals surface area contributed by atoms with Crippen LogP contribution < -0.4 is 5.56 Å². The van der Waals surface area contributed by atoms with Gasteiger partial charge in [0, 0.05) is 17.7 Å². The van der Waals surface area contributed by atoms with Crippen LogP contribution in [0.1, 0.15) is 34.8 Å². The third kappa shape index (κ3) is 1.72. The second-order valence-electron chi connectivity index (χ2n) is 6.36. The Morgan fingerprint density at radius 3 is 2.79 bits per heavy atom. The summed E-state index contributed by atoms with van der Waals surface area (Å²) in [5, 5.41) is 0. The molecule has 1 N–H and O–H groups in total. The van der Waals surface area contributed by atoms with Gasteiger partial charge >= 0.3 is 0 Å². The normalized spacial score (nSPS) is 18.9. The van der Waals surface area contributed by atoms with Crippen molar-refractivity contribution in [3.63, 3.8) is 0 Å². The van der Waals surface area contributed by atoms with Crippen LogP contribution in [-0.4, -0.2) is 27.3 Å². The second kappa shape index (κ2) is 4.77. The monoisotopic (exact) mass is 317 g/mol. The molecule has 0 bridgehead atoms. The zero-order chi connectivity index (χ0) is 16.3. The fraction of sp³-hybridized carbons (Fsp3) is 0.211. The smallest absolute Gasteiger partial charge is 0.274 e. The largest absolute Gasteiger partial charge is 0.332 e. The van der Waals surface area contributed by atoms with Gasteiger partial charge in [-0.15, -0.1) is 0 Å². The Hall–Kier alpha value is -2.95. The van der Waals surface area contributed by atoms with Crippen LogP contribution in [0.5, 0.6) is 0 Å². The Labute approximate surface area is 138 Å². The summed E-state index contributed by atoms with van der Waals surface area (Å²) < 4.78 is 0. The van der Waals surface area contributed by atoms with E-state index in [0.29, 0.717) is 11.3 Å². The van der Waals surface area contributed by atoms with Crippen LogP contribution in [0.4, 0.5) is 0 Å². The van der Waals surface area contributed by atoms with Gasteiger partial charge in [0.2, 0.25) is 0 Å². The van der Waals surface area contributed by atoms with Gasteiger partial charge in [0.1, 0.15) is 5.69 Å². The first-order valence-electron chi connectivity index (χ1n) is 8.17. The average Bonchev–Trinajstić information content (AvgIpc) is 3.18. The van der Waals surface area contributed by atoms with Gasteiger partial charge < -0.3 is 9.88 Å². The summed E-state index contributed by atoms with van der Waals surface area (Å²) in [7, 11) is 0. The van der Waals surface area contributed by atoms with Crippen molar-refractivity contribution in [2.75, 3.05) is 6.54 Å². The highest BCUT2D eigenvalue weighted by molar-refractivity contribution is 6.01. The number of hydrogen-bond donors (Lipinski definition) is 1. The lowest BCUT2D eigenvalue weighted by molar-refractivity contribution is 0.0776. The summed E-state index contributed by atoms with van der Waals surface area (Å²) in [5.74, 6) is 0.0755. The highest BCUT2D eigenvalue weighted by Gasteiger charge is 2.41. The predicted octanol–water partition coefficient (Wildman–Crippen LogP) is 2.88. The number of aromatic nitrogens is 2. The van der Waals surface area contributed by atoms with Crippen molar-refractivity contribution in [3.8, 4) is 11.3 Å². The van der Waals surface area contributed by atoms with Gasteiger partial charge in [-0.2, -0.15) is 0 Å². The summed E-state index contributed by atoms with van der Waals surface area (Å²) in [6.07, 6.45) is 1.95. The van der Waals surface area contributed by atoms with E-state index < -0.39 is 0 Å². The zero-order valence-electron chi connectivity index (χ0n) is 13.0. The van der Waals surface area contributed by atoms with Gasteiger partial charge in [-0.25, -0.2) is 4.98 Å². The van der Waals surface area contributed by atoms with Crippen molar-refractivity contribution in [2.24, 2.45) is 0 Å². The highest BCUT2D eigenvalue weighted by Crippen LogP contribution is 2.44. The molecule has 1 saturated heterocycles. The highest BCUT2D eigenvalue weighted by atomic mass is 16.2. The minimum absolute atomic E-state index is 0.0755. The summed E-state index contributed by atoms with van der Waals surface area (Å²) in [4.78, 5) is 34.6. The van der Waals surface area contributed by atoms with Crippen LogP contribution in [0.3, 0.4) is 0 Å². The lowest BCUT2D eigenvalue weighted by Crippen LogP contribution is -2.22. The Morgan fingerprint density at radius 2 is 1.88 bits per heavy atom. The topological polar surface area (TPSA) is 66.1 Å². The maximum absolute atomic E-state index is 12.6. The van der Waals surface area contributed by atoms with Crippen LogP contribution >= 0.6 is 0 Å². The van der Waals surface area contributed by atoms with Crippen molar-refractivity contribution in [3.05, 3.63) is 63.9 Å². The standard InChI is InChI=1S/C19H15N3O2/c23-18-17(20-13-7-1-2-8-14(13)21-18)11-5-3-6-12-16(11)15-9-4-10-22(15)19(12)24/h1-3,5-8,15H,4,9-10H2,(H,21,23). The molecule has 1 atom stereocenters. The van der Waals surface area contributed by atoms with E-state index in [4.69, 9.17) is 0 Å². The van der Waals surface area contributed by atoms with E-state index in [1.165, 1.54) is 0 Å². The molecule has 1 aromatic heterocycles. The van der Waals surface area contributed by atoms with E-state index in [0.717, 1.165) is 41.5 Å². The number of fused-ring (bicyclic) bond motifs is 4. The van der Waals surface area contributed by atoms with Crippen molar-refractivity contribution in [1.82, 2.24) is 14.9 Å². The number of nitrogens with one attached hydrogen (secondary N) is 1. The second-order valence-corrected chi connectivity index (χ2v) is 6.36. The van der Waals surface area contributed by atoms with E-state index in [2.05, 4.69) is 9.97 Å². The van der Waals surface area contributed by atoms with E-state index in [-0.39, 0.29) is 17.5 Å². The SMILES string of the molecule is O=C1c2cccc(-c3nc4ccccc4[nH]c3=O)c2C2CCCN12. The lowest BCUT2D eigenvalue weighted by Gasteiger charge is -2.16. The summed E-state index contributed by atoms with van der Waals surface area (Å²) in [5.41, 5.74) is 4.11. The zero-order valence-corrected chi connectivity index (χ0v) is 13.0. The minimum Gasteiger partial charge on any atom is -0.332 e. The fourth-order valence-corrected chi connectivity index (χ4v) is 3.99. The number of H-pyrrole nitrogens is 1. The molecule has 1 amide bonds. The van der Waals surface area contributed by atoms with Gasteiger partial charge in [0.05, 0.1) is 17.1 Å². The van der Waals surface area contributed by atoms with E-state index in [1.807, 2.05) is 47.4 Å². The van der Waals surface area contributed by atoms with Gasteiger partial charge in [0.25, 0.3) is 11.5 Å². The summed E-state index contributed by atoms with van der Waals surface area (Å²) in [6.45, 7) is 0.791. The van der Waals surface area contributed by atoms with Crippen molar-refractivity contribution >= 4 is 16.9 Å². The number of nitrogens with zero attached hydrogens (tertiary/aromatic N) is 2. The van der Waals surface area contributed by atoms with Gasteiger partial charge in [-0.05, 0) is 36.6 Å². The van der Waals surface area contributed by atoms with Crippen molar-refractivity contribution < 1.29 is 4.79 Å². The number of carbonyl (C=O) groups is 1. The molecule has 0 spiro atoms. The number of hydrogen-bond acceptors (Lipinski definition) is 3. The Morgan fingerprint density at radius 1 is 1.04 bits per heavy atom. The van der Waals surface area contributed by atoms with E-state index in [9.17, 15) is 9.59 Å². The number of para-hydroxylation sites is 2. The van der Waals surface area contributed by atoms with Crippen LogP contribution in [0.15, 0.2) is 47.3 Å². The molecule has 0 radical (unpaired) electrons. The molecule has 118 valence electrons. The van der Waals surface area contributed by atoms with Crippen molar-refractivity contribution in [1.29, 1.82) is 0 Å². The summed E-state index contributed by atoms with van der Waals surface area (Å²) >= 11 is 0. The molecule has 2 aliphatic heterocycles. The van der Waals surface area contributed by atoms with E-state index in [1.54, 1.807) is 0 Å². The first kappa shape index (κ1) is 13.5. The molecule has 3 heterocycles. The predicted molar refractivity (Wildman–Crippen MR) is 90.8 cm³/mol. The first-order chi connectivity index (χ1) is 11.7. The quantitative estimate of drug-likeness (QED) is 0.750. The molecule has 5 nitrogen and oxygen atoms in total. The Bertz CT molecular complexity index is 1050. The molecule has 0 saturated carbocycles. The lowest BCUT2D eigenvalue weighted by atomic mass is 9.94. The summed E-state index contributed by atoms with van der Waals surface area (Å²) in [6, 6.07) is 13.2. The number of amides is 1. The first-order valence-corrected chi connectivity index (χ1v) is 8.17. The van der Waals surface area contributed by atoms with E-state index >= 15 is 0 Å². The van der Waals surface area contributed by atoms with Gasteiger partial charge in [-0.1, -0.05) is 24.3 Å². The van der Waals surface area contributed by atoms with Crippen LogP contribution in [0.2, 0.25) is 0 Å². The maximum Gasteiger partial charge on any atom is 0.274 e. The molecule has 2 aromatic carbocycles. The average molecular weight is 317 g/mol.